The van der Waals surface area contributed by atoms with Crippen LogP contribution in [0.5, 0.6) is 5.75 Å². The molecule has 7 nitrogen and oxygen atoms in total. The van der Waals surface area contributed by atoms with Crippen molar-refractivity contribution in [2.24, 2.45) is 0 Å². The molecule has 0 radical (unpaired) electrons. The molecular weight excluding hydrogens is 440 g/mol. The summed E-state index contributed by atoms with van der Waals surface area (Å²) in [5.74, 6) is 0.503. The standard InChI is InChI=1S/C28H30N4O3/c1-18-10-13-25(27(33)31-18)32-17-20-15-22(11-12-23(20)28(32)34)35-26-9-4-3-8-24(26)30-16-19-6-5-7-21(14-19)29-2/h5-7,11-12,14-15,24-26,30H,1,3-4,8-10,13,16-17H2,(H,31,33)/t24-,25?,26+/m0/s1. The van der Waals surface area contributed by atoms with E-state index < -0.39 is 6.04 Å². The Balaban J connectivity index is 1.25. The second-order valence-electron chi connectivity index (χ2n) is 9.61. The van der Waals surface area contributed by atoms with Crippen LogP contribution in [-0.4, -0.2) is 34.9 Å². The third-order valence-corrected chi connectivity index (χ3v) is 7.21. The van der Waals surface area contributed by atoms with Gasteiger partial charge in [-0.3, -0.25) is 9.59 Å². The van der Waals surface area contributed by atoms with Crippen molar-refractivity contribution in [1.29, 1.82) is 0 Å². The molecule has 180 valence electrons. The molecule has 0 spiro atoms. The Kier molecular flexibility index (Phi) is 6.56. The molecule has 3 aliphatic rings. The van der Waals surface area contributed by atoms with E-state index in [-0.39, 0.29) is 24.0 Å². The summed E-state index contributed by atoms with van der Waals surface area (Å²) in [5.41, 5.74) is 4.00. The van der Waals surface area contributed by atoms with Crippen LogP contribution in [0.15, 0.2) is 54.7 Å². The number of carbonyl (C=O) groups excluding carboxylic acids is 2. The maximum absolute atomic E-state index is 13.0. The molecule has 2 aromatic carbocycles. The molecule has 7 heteroatoms. The monoisotopic (exact) mass is 470 g/mol. The Morgan fingerprint density at radius 1 is 1.14 bits per heavy atom. The number of rotatable bonds is 6. The first-order chi connectivity index (χ1) is 17.0. The van der Waals surface area contributed by atoms with Gasteiger partial charge in [0.05, 0.1) is 6.57 Å². The molecule has 1 unspecified atom stereocenters. The molecule has 2 heterocycles. The number of piperidine rings is 1. The molecule has 2 fully saturated rings. The van der Waals surface area contributed by atoms with E-state index in [4.69, 9.17) is 11.3 Å². The molecule has 1 aliphatic carbocycles. The van der Waals surface area contributed by atoms with Gasteiger partial charge >= 0.3 is 0 Å². The van der Waals surface area contributed by atoms with E-state index in [9.17, 15) is 9.59 Å². The number of benzene rings is 2. The highest BCUT2D eigenvalue weighted by atomic mass is 16.5. The largest absolute Gasteiger partial charge is 0.489 e. The van der Waals surface area contributed by atoms with Crippen LogP contribution < -0.4 is 15.4 Å². The van der Waals surface area contributed by atoms with Gasteiger partial charge in [-0.15, -0.1) is 0 Å². The van der Waals surface area contributed by atoms with E-state index >= 15 is 0 Å². The quantitative estimate of drug-likeness (QED) is 0.611. The molecule has 0 aromatic heterocycles. The molecule has 35 heavy (non-hydrogen) atoms. The molecule has 2 N–H and O–H groups in total. The highest BCUT2D eigenvalue weighted by molar-refractivity contribution is 6.01. The molecule has 0 bridgehead atoms. The zero-order valence-electron chi connectivity index (χ0n) is 19.8. The summed E-state index contributed by atoms with van der Waals surface area (Å²) in [7, 11) is 0. The van der Waals surface area contributed by atoms with Crippen molar-refractivity contribution >= 4 is 17.5 Å². The predicted molar refractivity (Wildman–Crippen MR) is 133 cm³/mol. The first kappa shape index (κ1) is 23.1. The van der Waals surface area contributed by atoms with Gasteiger partial charge in [0.25, 0.3) is 5.91 Å². The number of nitrogens with one attached hydrogen (secondary N) is 2. The van der Waals surface area contributed by atoms with Gasteiger partial charge in [0.1, 0.15) is 17.9 Å². The van der Waals surface area contributed by atoms with Crippen LogP contribution in [0.25, 0.3) is 4.85 Å². The average Bonchev–Trinajstić information content (AvgIpc) is 3.19. The summed E-state index contributed by atoms with van der Waals surface area (Å²) in [6.07, 6.45) is 5.60. The maximum Gasteiger partial charge on any atom is 0.255 e. The van der Waals surface area contributed by atoms with Gasteiger partial charge in [-0.05, 0) is 61.4 Å². The van der Waals surface area contributed by atoms with E-state index in [2.05, 4.69) is 22.1 Å². The van der Waals surface area contributed by atoms with Crippen LogP contribution in [0, 0.1) is 6.57 Å². The summed E-state index contributed by atoms with van der Waals surface area (Å²) < 4.78 is 6.45. The molecule has 5 rings (SSSR count). The maximum atomic E-state index is 13.0. The van der Waals surface area contributed by atoms with Crippen molar-refractivity contribution in [3.63, 3.8) is 0 Å². The smallest absolute Gasteiger partial charge is 0.255 e. The minimum Gasteiger partial charge on any atom is -0.489 e. The summed E-state index contributed by atoms with van der Waals surface area (Å²) in [6.45, 7) is 12.2. The van der Waals surface area contributed by atoms with Crippen LogP contribution in [0.3, 0.4) is 0 Å². The normalized spacial score (nSPS) is 24.0. The van der Waals surface area contributed by atoms with Crippen LogP contribution in [0.2, 0.25) is 0 Å². The second-order valence-corrected chi connectivity index (χ2v) is 9.61. The van der Waals surface area contributed by atoms with Crippen LogP contribution >= 0.6 is 0 Å². The predicted octanol–water partition coefficient (Wildman–Crippen LogP) is 4.47. The fourth-order valence-electron chi connectivity index (χ4n) is 5.34. The Labute approximate surface area is 206 Å². The summed E-state index contributed by atoms with van der Waals surface area (Å²) in [5, 5.41) is 6.42. The first-order valence-electron chi connectivity index (χ1n) is 12.3. The SMILES string of the molecule is [C-]#[N+]c1cccc(CN[C@H]2CCCC[C@H]2Oc2ccc3c(c2)CN(C2CCC(=C)NC2=O)C3=O)c1. The lowest BCUT2D eigenvalue weighted by molar-refractivity contribution is -0.126. The number of carbonyl (C=O) groups is 2. The molecular formula is C28H30N4O3. The van der Waals surface area contributed by atoms with E-state index in [1.807, 2.05) is 42.5 Å². The highest BCUT2D eigenvalue weighted by Crippen LogP contribution is 2.32. The molecule has 1 saturated heterocycles. The van der Waals surface area contributed by atoms with Crippen molar-refractivity contribution in [1.82, 2.24) is 15.5 Å². The highest BCUT2D eigenvalue weighted by Gasteiger charge is 2.38. The van der Waals surface area contributed by atoms with Crippen LogP contribution in [-0.2, 0) is 17.9 Å². The summed E-state index contributed by atoms with van der Waals surface area (Å²) in [4.78, 5) is 30.6. The van der Waals surface area contributed by atoms with Gasteiger partial charge < -0.3 is 20.3 Å². The van der Waals surface area contributed by atoms with Gasteiger partial charge in [-0.2, -0.15) is 0 Å². The lowest BCUT2D eigenvalue weighted by atomic mass is 9.92. The van der Waals surface area contributed by atoms with E-state index in [1.165, 1.54) is 0 Å². The van der Waals surface area contributed by atoms with E-state index in [0.29, 0.717) is 42.9 Å². The van der Waals surface area contributed by atoms with Crippen molar-refractivity contribution < 1.29 is 14.3 Å². The topological polar surface area (TPSA) is 75.0 Å². The van der Waals surface area contributed by atoms with Gasteiger partial charge in [0, 0.05) is 30.4 Å². The fraction of sp³-hybridized carbons (Fsp3) is 0.393. The van der Waals surface area contributed by atoms with Crippen molar-refractivity contribution in [3.8, 4) is 5.75 Å². The van der Waals surface area contributed by atoms with Gasteiger partial charge in [-0.25, -0.2) is 4.85 Å². The Bertz CT molecular complexity index is 1200. The lowest BCUT2D eigenvalue weighted by Gasteiger charge is -2.33. The van der Waals surface area contributed by atoms with Crippen molar-refractivity contribution in [3.05, 3.63) is 82.8 Å². The molecule has 3 atom stereocenters. The van der Waals surface area contributed by atoms with Crippen molar-refractivity contribution in [2.45, 2.75) is 69.8 Å². The number of ether oxygens (including phenoxy) is 1. The number of hydrogen-bond acceptors (Lipinski definition) is 4. The van der Waals surface area contributed by atoms with Crippen molar-refractivity contribution in [2.75, 3.05) is 0 Å². The van der Waals surface area contributed by atoms with Gasteiger partial charge in [-0.1, -0.05) is 37.3 Å². The van der Waals surface area contributed by atoms with Crippen LogP contribution in [0.1, 0.15) is 60.0 Å². The second kappa shape index (κ2) is 9.93. The molecule has 2 amide bonds. The zero-order valence-corrected chi connectivity index (χ0v) is 19.8. The Morgan fingerprint density at radius 2 is 2.00 bits per heavy atom. The van der Waals surface area contributed by atoms with Gasteiger partial charge in [0.15, 0.2) is 5.69 Å². The lowest BCUT2D eigenvalue weighted by Crippen LogP contribution is -2.49. The number of fused-ring (bicyclic) bond motifs is 1. The third kappa shape index (κ3) is 4.94. The molecule has 1 saturated carbocycles. The number of nitrogens with zero attached hydrogens (tertiary/aromatic N) is 2. The molecule has 2 aromatic rings. The summed E-state index contributed by atoms with van der Waals surface area (Å²) >= 11 is 0. The zero-order chi connectivity index (χ0) is 24.4. The summed E-state index contributed by atoms with van der Waals surface area (Å²) in [6, 6.07) is 13.1. The van der Waals surface area contributed by atoms with E-state index in [0.717, 1.165) is 42.6 Å². The fourth-order valence-corrected chi connectivity index (χ4v) is 5.34. The third-order valence-electron chi connectivity index (χ3n) is 7.21. The first-order valence-corrected chi connectivity index (χ1v) is 12.3. The minimum atomic E-state index is -0.460. The number of hydrogen-bond donors (Lipinski definition) is 2. The Hall–Kier alpha value is -3.63. The Morgan fingerprint density at radius 3 is 2.83 bits per heavy atom. The minimum absolute atomic E-state index is 0.0363. The van der Waals surface area contributed by atoms with Gasteiger partial charge in [0.2, 0.25) is 5.91 Å². The number of amides is 2. The van der Waals surface area contributed by atoms with E-state index in [1.54, 1.807) is 4.90 Å². The molecule has 2 aliphatic heterocycles. The average molecular weight is 471 g/mol. The van der Waals surface area contributed by atoms with Crippen LogP contribution in [0.4, 0.5) is 5.69 Å². The number of allylic oxidation sites excluding steroid dienone is 1.